The molecule has 2 heteroatoms. The second kappa shape index (κ2) is 7.26. The maximum atomic E-state index is 12.8. The van der Waals surface area contributed by atoms with Crippen molar-refractivity contribution in [3.05, 3.63) is 65.2 Å². The van der Waals surface area contributed by atoms with Crippen LogP contribution in [0.3, 0.4) is 0 Å². The van der Waals surface area contributed by atoms with Gasteiger partial charge in [0.1, 0.15) is 0 Å². The van der Waals surface area contributed by atoms with E-state index < -0.39 is 0 Å². The van der Waals surface area contributed by atoms with Crippen molar-refractivity contribution in [1.29, 1.82) is 0 Å². The Hall–Kier alpha value is -2.09. The number of hydrogen-bond acceptors (Lipinski definition) is 1. The fourth-order valence-electron chi connectivity index (χ4n) is 2.80. The Balaban J connectivity index is 2.26. The molecule has 0 aliphatic carbocycles. The molecule has 2 rings (SSSR count). The van der Waals surface area contributed by atoms with E-state index in [1.165, 1.54) is 5.56 Å². The number of anilines is 1. The highest BCUT2D eigenvalue weighted by atomic mass is 16.1. The van der Waals surface area contributed by atoms with Crippen LogP contribution in [0.2, 0.25) is 0 Å². The second-order valence-corrected chi connectivity index (χ2v) is 6.08. The predicted octanol–water partition coefficient (Wildman–Crippen LogP) is 5.07. The molecule has 0 saturated carbocycles. The summed E-state index contributed by atoms with van der Waals surface area (Å²) in [4.78, 5) is 12.8. The Kier molecular flexibility index (Phi) is 5.37. The van der Waals surface area contributed by atoms with Crippen molar-refractivity contribution in [2.75, 3.05) is 5.32 Å². The Labute approximate surface area is 133 Å². The van der Waals surface area contributed by atoms with Crippen LogP contribution in [0.15, 0.2) is 48.5 Å². The van der Waals surface area contributed by atoms with Gasteiger partial charge in [0.05, 0.1) is 5.92 Å². The van der Waals surface area contributed by atoms with E-state index in [0.717, 1.165) is 23.2 Å². The van der Waals surface area contributed by atoms with Crippen molar-refractivity contribution in [1.82, 2.24) is 0 Å². The highest BCUT2D eigenvalue weighted by molar-refractivity contribution is 5.96. The van der Waals surface area contributed by atoms with Gasteiger partial charge in [0, 0.05) is 5.69 Å². The minimum Gasteiger partial charge on any atom is -0.325 e. The molecule has 0 aliphatic heterocycles. The number of carbonyl (C=O) groups is 1. The molecule has 0 heterocycles. The van der Waals surface area contributed by atoms with E-state index in [4.69, 9.17) is 0 Å². The lowest BCUT2D eigenvalue weighted by Gasteiger charge is -2.23. The summed E-state index contributed by atoms with van der Waals surface area (Å²) >= 11 is 0. The minimum atomic E-state index is -0.119. The highest BCUT2D eigenvalue weighted by Gasteiger charge is 2.26. The highest BCUT2D eigenvalue weighted by Crippen LogP contribution is 2.29. The van der Waals surface area contributed by atoms with Gasteiger partial charge in [0.2, 0.25) is 5.91 Å². The molecule has 2 aromatic rings. The molecule has 0 radical (unpaired) electrons. The van der Waals surface area contributed by atoms with E-state index in [-0.39, 0.29) is 11.8 Å². The van der Waals surface area contributed by atoms with E-state index in [1.54, 1.807) is 0 Å². The first-order chi connectivity index (χ1) is 10.5. The molecule has 0 spiro atoms. The van der Waals surface area contributed by atoms with E-state index >= 15 is 0 Å². The van der Waals surface area contributed by atoms with E-state index in [2.05, 4.69) is 32.2 Å². The van der Waals surface area contributed by atoms with Gasteiger partial charge in [-0.15, -0.1) is 0 Å². The maximum absolute atomic E-state index is 12.8. The van der Waals surface area contributed by atoms with Crippen LogP contribution in [-0.4, -0.2) is 5.91 Å². The molecule has 0 aromatic heterocycles. The van der Waals surface area contributed by atoms with Crippen molar-refractivity contribution in [2.45, 2.75) is 40.0 Å². The number of amides is 1. The second-order valence-electron chi connectivity index (χ2n) is 6.08. The molecule has 0 aliphatic rings. The molecule has 0 bridgehead atoms. The Morgan fingerprint density at radius 3 is 2.36 bits per heavy atom. The van der Waals surface area contributed by atoms with Gasteiger partial charge in [-0.3, -0.25) is 4.79 Å². The summed E-state index contributed by atoms with van der Waals surface area (Å²) in [5.41, 5.74) is 4.29. The van der Waals surface area contributed by atoms with Gasteiger partial charge in [0.15, 0.2) is 0 Å². The predicted molar refractivity (Wildman–Crippen MR) is 93.2 cm³/mol. The first kappa shape index (κ1) is 16.3. The number of benzene rings is 2. The molecule has 0 fully saturated rings. The number of carbonyl (C=O) groups excluding carboxylic acids is 1. The summed E-state index contributed by atoms with van der Waals surface area (Å²) in [6, 6.07) is 16.2. The molecule has 22 heavy (non-hydrogen) atoms. The van der Waals surface area contributed by atoms with Crippen molar-refractivity contribution >= 4 is 11.6 Å². The van der Waals surface area contributed by atoms with Crippen molar-refractivity contribution < 1.29 is 4.79 Å². The molecule has 2 nitrogen and oxygen atoms in total. The zero-order valence-corrected chi connectivity index (χ0v) is 13.9. The minimum absolute atomic E-state index is 0.0764. The van der Waals surface area contributed by atoms with Gasteiger partial charge in [-0.2, -0.15) is 0 Å². The molecule has 2 aromatic carbocycles. The maximum Gasteiger partial charge on any atom is 0.232 e. The molecule has 0 saturated heterocycles. The van der Waals surface area contributed by atoms with Crippen molar-refractivity contribution in [3.8, 4) is 0 Å². The van der Waals surface area contributed by atoms with Gasteiger partial charge in [-0.25, -0.2) is 0 Å². The number of hydrogen-bond donors (Lipinski definition) is 1. The lowest BCUT2D eigenvalue weighted by molar-refractivity contribution is -0.118. The molecular weight excluding hydrogens is 270 g/mol. The Bertz CT molecular complexity index is 633. The normalized spacial score (nSPS) is 13.5. The van der Waals surface area contributed by atoms with Crippen molar-refractivity contribution in [2.24, 2.45) is 5.92 Å². The average Bonchev–Trinajstić information content (AvgIpc) is 2.51. The van der Waals surface area contributed by atoms with Crippen LogP contribution < -0.4 is 5.32 Å². The monoisotopic (exact) mass is 295 g/mol. The number of rotatable bonds is 5. The molecule has 2 atom stereocenters. The summed E-state index contributed by atoms with van der Waals surface area (Å²) in [7, 11) is 0. The van der Waals surface area contributed by atoms with Crippen LogP contribution in [-0.2, 0) is 4.79 Å². The van der Waals surface area contributed by atoms with Crippen LogP contribution in [0.1, 0.15) is 42.9 Å². The molecular formula is C20H25NO. The average molecular weight is 295 g/mol. The van der Waals surface area contributed by atoms with Crippen molar-refractivity contribution in [3.63, 3.8) is 0 Å². The molecule has 1 amide bonds. The van der Waals surface area contributed by atoms with Crippen LogP contribution in [0.4, 0.5) is 5.69 Å². The summed E-state index contributed by atoms with van der Waals surface area (Å²) in [5, 5.41) is 3.11. The summed E-state index contributed by atoms with van der Waals surface area (Å²) in [6.45, 7) is 8.36. The third-order valence-corrected chi connectivity index (χ3v) is 4.29. The summed E-state index contributed by atoms with van der Waals surface area (Å²) < 4.78 is 0. The first-order valence-electron chi connectivity index (χ1n) is 7.96. The van der Waals surface area contributed by atoms with Crippen LogP contribution in [0, 0.1) is 19.8 Å². The number of aryl methyl sites for hydroxylation is 2. The fraction of sp³-hybridized carbons (Fsp3) is 0.350. The Morgan fingerprint density at radius 2 is 1.77 bits per heavy atom. The van der Waals surface area contributed by atoms with Crippen LogP contribution in [0.25, 0.3) is 0 Å². The zero-order chi connectivity index (χ0) is 16.1. The van der Waals surface area contributed by atoms with Gasteiger partial charge >= 0.3 is 0 Å². The van der Waals surface area contributed by atoms with E-state index in [0.29, 0.717) is 5.92 Å². The van der Waals surface area contributed by atoms with Gasteiger partial charge in [-0.05, 0) is 37.0 Å². The molecule has 1 N–H and O–H groups in total. The zero-order valence-electron chi connectivity index (χ0n) is 13.9. The van der Waals surface area contributed by atoms with Gasteiger partial charge in [0.25, 0.3) is 0 Å². The Morgan fingerprint density at radius 1 is 1.09 bits per heavy atom. The SMILES string of the molecule is CC[C@H](C)[C@@H](C(=O)Nc1ccc(C)cc1C)c1ccccc1. The quantitative estimate of drug-likeness (QED) is 0.819. The lowest BCUT2D eigenvalue weighted by atomic mass is 9.85. The molecule has 116 valence electrons. The number of nitrogens with one attached hydrogen (secondary N) is 1. The van der Waals surface area contributed by atoms with Crippen LogP contribution in [0.5, 0.6) is 0 Å². The van der Waals surface area contributed by atoms with Gasteiger partial charge in [-0.1, -0.05) is 68.3 Å². The fourth-order valence-corrected chi connectivity index (χ4v) is 2.80. The third kappa shape index (κ3) is 3.76. The summed E-state index contributed by atoms with van der Waals surface area (Å²) in [5.74, 6) is 0.257. The standard InChI is InChI=1S/C20H25NO/c1-5-15(3)19(17-9-7-6-8-10-17)20(22)21-18-12-11-14(2)13-16(18)4/h6-13,15,19H,5H2,1-4H3,(H,21,22)/t15-,19+/m0/s1. The van der Waals surface area contributed by atoms with E-state index in [1.807, 2.05) is 49.4 Å². The van der Waals surface area contributed by atoms with E-state index in [9.17, 15) is 4.79 Å². The van der Waals surface area contributed by atoms with Gasteiger partial charge < -0.3 is 5.32 Å². The van der Waals surface area contributed by atoms with Crippen LogP contribution >= 0.6 is 0 Å². The largest absolute Gasteiger partial charge is 0.325 e. The topological polar surface area (TPSA) is 29.1 Å². The first-order valence-corrected chi connectivity index (χ1v) is 7.96. The smallest absolute Gasteiger partial charge is 0.232 e. The lowest BCUT2D eigenvalue weighted by Crippen LogP contribution is -2.26. The molecule has 0 unspecified atom stereocenters. The third-order valence-electron chi connectivity index (χ3n) is 4.29. The summed E-state index contributed by atoms with van der Waals surface area (Å²) in [6.07, 6.45) is 0.972.